The Bertz CT molecular complexity index is 332. The van der Waals surface area contributed by atoms with Gasteiger partial charge in [0.05, 0.1) is 5.69 Å². The van der Waals surface area contributed by atoms with Crippen LogP contribution in [0.25, 0.3) is 0 Å². The van der Waals surface area contributed by atoms with Crippen molar-refractivity contribution in [3.05, 3.63) is 11.8 Å². The molecule has 0 bridgehead atoms. The molecule has 0 aliphatic heterocycles. The molecule has 13 heavy (non-hydrogen) atoms. The third kappa shape index (κ3) is 1.68. The molecule has 0 spiro atoms. The maximum Gasteiger partial charge on any atom is 0.242 e. The van der Waals surface area contributed by atoms with Gasteiger partial charge in [-0.05, 0) is 12.8 Å². The number of aromatic amines is 1. The molecule has 0 unspecified atom stereocenters. The van der Waals surface area contributed by atoms with Crippen LogP contribution in [0.5, 0.6) is 0 Å². The van der Waals surface area contributed by atoms with Gasteiger partial charge in [-0.1, -0.05) is 12.8 Å². The Balaban J connectivity index is 2.16. The fourth-order valence-electron chi connectivity index (χ4n) is 1.86. The van der Waals surface area contributed by atoms with Gasteiger partial charge in [-0.3, -0.25) is 5.10 Å². The van der Waals surface area contributed by atoms with Gasteiger partial charge in [0.1, 0.15) is 0 Å². The lowest BCUT2D eigenvalue weighted by atomic mass is 10.0. The molecular weight excluding hydrogens is 166 g/mol. The molecule has 68 valence electrons. The van der Waals surface area contributed by atoms with E-state index in [4.69, 9.17) is 0 Å². The Kier molecular flexibility index (Phi) is 2.23. The van der Waals surface area contributed by atoms with Crippen LogP contribution in [0.2, 0.25) is 0 Å². The number of carbonyl (C=O) groups excluding carboxylic acids is 1. The first-order valence-electron chi connectivity index (χ1n) is 4.53. The van der Waals surface area contributed by atoms with Crippen LogP contribution in [0.1, 0.15) is 37.3 Å². The standard InChI is InChI=1S/C9H11N3O/c13-6-10-9-5-8(11-12-9)7-3-1-2-4-7/h5,7H,1-4H2,(H,11,12). The van der Waals surface area contributed by atoms with Gasteiger partial charge in [0.2, 0.25) is 6.08 Å². The van der Waals surface area contributed by atoms with Crippen molar-refractivity contribution in [1.29, 1.82) is 0 Å². The first-order chi connectivity index (χ1) is 6.40. The van der Waals surface area contributed by atoms with Crippen molar-refractivity contribution < 1.29 is 4.79 Å². The summed E-state index contributed by atoms with van der Waals surface area (Å²) in [6.07, 6.45) is 6.46. The summed E-state index contributed by atoms with van der Waals surface area (Å²) in [4.78, 5) is 13.4. The summed E-state index contributed by atoms with van der Waals surface area (Å²) in [6, 6.07) is 1.83. The zero-order chi connectivity index (χ0) is 9.10. The van der Waals surface area contributed by atoms with Crippen molar-refractivity contribution in [3.8, 4) is 0 Å². The molecule has 4 nitrogen and oxygen atoms in total. The second-order valence-electron chi connectivity index (χ2n) is 3.36. The highest BCUT2D eigenvalue weighted by molar-refractivity contribution is 5.44. The lowest BCUT2D eigenvalue weighted by molar-refractivity contribution is 0.565. The maximum absolute atomic E-state index is 9.97. The van der Waals surface area contributed by atoms with Crippen molar-refractivity contribution >= 4 is 11.9 Å². The lowest BCUT2D eigenvalue weighted by Gasteiger charge is -2.01. The van der Waals surface area contributed by atoms with Gasteiger partial charge >= 0.3 is 0 Å². The molecule has 2 rings (SSSR count). The van der Waals surface area contributed by atoms with Crippen LogP contribution in [-0.2, 0) is 4.79 Å². The fourth-order valence-corrected chi connectivity index (χ4v) is 1.86. The second-order valence-corrected chi connectivity index (χ2v) is 3.36. The van der Waals surface area contributed by atoms with E-state index in [9.17, 15) is 4.79 Å². The highest BCUT2D eigenvalue weighted by atomic mass is 16.1. The van der Waals surface area contributed by atoms with E-state index >= 15 is 0 Å². The van der Waals surface area contributed by atoms with E-state index in [0.717, 1.165) is 5.69 Å². The Morgan fingerprint density at radius 2 is 2.31 bits per heavy atom. The highest BCUT2D eigenvalue weighted by Crippen LogP contribution is 2.33. The predicted octanol–water partition coefficient (Wildman–Crippen LogP) is 2.03. The number of H-pyrrole nitrogens is 1. The van der Waals surface area contributed by atoms with Crippen molar-refractivity contribution in [2.45, 2.75) is 31.6 Å². The normalized spacial score (nSPS) is 17.2. The zero-order valence-electron chi connectivity index (χ0n) is 7.29. The first kappa shape index (κ1) is 8.20. The van der Waals surface area contributed by atoms with Crippen LogP contribution < -0.4 is 0 Å². The molecule has 1 saturated carbocycles. The first-order valence-corrected chi connectivity index (χ1v) is 4.53. The van der Waals surface area contributed by atoms with Gasteiger partial charge in [-0.15, -0.1) is 4.99 Å². The summed E-state index contributed by atoms with van der Waals surface area (Å²) in [5.74, 6) is 1.07. The minimum Gasteiger partial charge on any atom is -0.260 e. The van der Waals surface area contributed by atoms with Gasteiger partial charge in [0, 0.05) is 12.0 Å². The van der Waals surface area contributed by atoms with Crippen LogP contribution in [0.3, 0.4) is 0 Å². The third-order valence-corrected chi connectivity index (χ3v) is 2.52. The number of hydrogen-bond donors (Lipinski definition) is 1. The average molecular weight is 177 g/mol. The number of aliphatic imine (C=N–C) groups is 1. The number of nitrogens with zero attached hydrogens (tertiary/aromatic N) is 2. The Morgan fingerprint density at radius 3 is 3.00 bits per heavy atom. The van der Waals surface area contributed by atoms with Crippen LogP contribution in [0, 0.1) is 0 Å². The molecule has 1 heterocycles. The summed E-state index contributed by atoms with van der Waals surface area (Å²) in [6.45, 7) is 0. The fraction of sp³-hybridized carbons (Fsp3) is 0.556. The second kappa shape index (κ2) is 3.54. The topological polar surface area (TPSA) is 58.1 Å². The van der Waals surface area contributed by atoms with Gasteiger partial charge in [0.15, 0.2) is 5.82 Å². The molecule has 1 N–H and O–H groups in total. The lowest BCUT2D eigenvalue weighted by Crippen LogP contribution is -1.91. The summed E-state index contributed by atoms with van der Waals surface area (Å²) >= 11 is 0. The molecule has 0 radical (unpaired) electrons. The molecule has 4 heteroatoms. The largest absolute Gasteiger partial charge is 0.260 e. The molecule has 0 aromatic carbocycles. The van der Waals surface area contributed by atoms with Crippen LogP contribution in [0.4, 0.5) is 5.82 Å². The highest BCUT2D eigenvalue weighted by Gasteiger charge is 2.19. The van der Waals surface area contributed by atoms with E-state index < -0.39 is 0 Å². The Morgan fingerprint density at radius 1 is 1.54 bits per heavy atom. The molecule has 1 aliphatic carbocycles. The maximum atomic E-state index is 9.97. The molecule has 1 fully saturated rings. The van der Waals surface area contributed by atoms with E-state index in [0.29, 0.717) is 11.7 Å². The van der Waals surface area contributed by atoms with E-state index in [1.165, 1.54) is 31.8 Å². The Labute approximate surface area is 76.1 Å². The average Bonchev–Trinajstić information content (AvgIpc) is 2.70. The smallest absolute Gasteiger partial charge is 0.242 e. The summed E-state index contributed by atoms with van der Waals surface area (Å²) < 4.78 is 0. The number of hydrogen-bond acceptors (Lipinski definition) is 3. The van der Waals surface area contributed by atoms with Gasteiger partial charge in [-0.2, -0.15) is 5.10 Å². The van der Waals surface area contributed by atoms with Crippen LogP contribution in [0.15, 0.2) is 11.1 Å². The third-order valence-electron chi connectivity index (χ3n) is 2.52. The quantitative estimate of drug-likeness (QED) is 0.555. The predicted molar refractivity (Wildman–Crippen MR) is 47.6 cm³/mol. The minimum atomic E-state index is 0.511. The Hall–Kier alpha value is -1.41. The summed E-state index contributed by atoms with van der Waals surface area (Å²) in [7, 11) is 0. The minimum absolute atomic E-state index is 0.511. The van der Waals surface area contributed by atoms with Crippen LogP contribution in [-0.4, -0.2) is 16.3 Å². The van der Waals surface area contributed by atoms with Gasteiger partial charge in [-0.25, -0.2) is 4.79 Å². The zero-order valence-corrected chi connectivity index (χ0v) is 7.29. The monoisotopic (exact) mass is 177 g/mol. The van der Waals surface area contributed by atoms with Gasteiger partial charge < -0.3 is 0 Å². The van der Waals surface area contributed by atoms with E-state index in [1.54, 1.807) is 0 Å². The SMILES string of the molecule is O=C=Nc1cc(C2CCCC2)n[nH]1. The van der Waals surface area contributed by atoms with Crippen LogP contribution >= 0.6 is 0 Å². The van der Waals surface area contributed by atoms with Crippen molar-refractivity contribution in [1.82, 2.24) is 10.2 Å². The summed E-state index contributed by atoms with van der Waals surface area (Å²) in [5, 5.41) is 6.82. The molecule has 0 amide bonds. The number of rotatable bonds is 2. The van der Waals surface area contributed by atoms with Gasteiger partial charge in [0.25, 0.3) is 0 Å². The van der Waals surface area contributed by atoms with E-state index in [-0.39, 0.29) is 0 Å². The molecular formula is C9H11N3O. The molecule has 1 aromatic heterocycles. The van der Waals surface area contributed by atoms with Crippen molar-refractivity contribution in [2.75, 3.05) is 0 Å². The van der Waals surface area contributed by atoms with Crippen molar-refractivity contribution in [2.24, 2.45) is 4.99 Å². The van der Waals surface area contributed by atoms with E-state index in [1.807, 2.05) is 6.07 Å². The molecule has 1 aliphatic rings. The molecule has 0 atom stereocenters. The summed E-state index contributed by atoms with van der Waals surface area (Å²) in [5.41, 5.74) is 1.03. The number of nitrogens with one attached hydrogen (secondary N) is 1. The molecule has 1 aromatic rings. The van der Waals surface area contributed by atoms with E-state index in [2.05, 4.69) is 15.2 Å². The number of aromatic nitrogens is 2. The molecule has 0 saturated heterocycles. The number of isocyanates is 1. The van der Waals surface area contributed by atoms with Crippen molar-refractivity contribution in [3.63, 3.8) is 0 Å².